The summed E-state index contributed by atoms with van der Waals surface area (Å²) in [5, 5.41) is 11.5. The van der Waals surface area contributed by atoms with E-state index in [1.807, 2.05) is 42.5 Å². The van der Waals surface area contributed by atoms with Crippen molar-refractivity contribution in [1.82, 2.24) is 4.90 Å². The number of carboxylic acid groups (broad SMARTS) is 1. The maximum Gasteiger partial charge on any atom is 0.327 e. The standard InChI is InChI=1S/C17H17NO3/c1-3-18(12(2)19)16(17(20)21)11-14-9-6-8-13-7-4-5-10-15(13)14/h3-10,16H,1,11H2,2H3,(H,20,21)/t16-/m0/s1. The molecule has 0 spiro atoms. The average molecular weight is 283 g/mol. The van der Waals surface area contributed by atoms with Crippen LogP contribution in [0.15, 0.2) is 55.2 Å². The largest absolute Gasteiger partial charge is 0.480 e. The summed E-state index contributed by atoms with van der Waals surface area (Å²) in [7, 11) is 0. The van der Waals surface area contributed by atoms with Gasteiger partial charge < -0.3 is 10.0 Å². The highest BCUT2D eigenvalue weighted by molar-refractivity contribution is 5.87. The zero-order valence-corrected chi connectivity index (χ0v) is 11.8. The first-order valence-electron chi connectivity index (χ1n) is 6.65. The highest BCUT2D eigenvalue weighted by Gasteiger charge is 2.26. The number of rotatable bonds is 5. The van der Waals surface area contributed by atoms with Crippen LogP contribution < -0.4 is 0 Å². The summed E-state index contributed by atoms with van der Waals surface area (Å²) in [5.41, 5.74) is 0.897. The first kappa shape index (κ1) is 14.8. The van der Waals surface area contributed by atoms with Crippen LogP contribution in [0.3, 0.4) is 0 Å². The number of hydrogen-bond acceptors (Lipinski definition) is 2. The number of aliphatic carboxylic acids is 1. The first-order chi connectivity index (χ1) is 10.0. The zero-order valence-electron chi connectivity index (χ0n) is 11.8. The molecule has 0 saturated heterocycles. The van der Waals surface area contributed by atoms with Crippen LogP contribution in [0.2, 0.25) is 0 Å². The summed E-state index contributed by atoms with van der Waals surface area (Å²) >= 11 is 0. The molecule has 0 radical (unpaired) electrons. The summed E-state index contributed by atoms with van der Waals surface area (Å²) in [4.78, 5) is 24.2. The molecule has 108 valence electrons. The van der Waals surface area contributed by atoms with E-state index in [9.17, 15) is 14.7 Å². The molecule has 1 N–H and O–H groups in total. The van der Waals surface area contributed by atoms with Crippen molar-refractivity contribution in [2.45, 2.75) is 19.4 Å². The normalized spacial score (nSPS) is 11.9. The van der Waals surface area contributed by atoms with Crippen LogP contribution >= 0.6 is 0 Å². The van der Waals surface area contributed by atoms with Gasteiger partial charge in [0.25, 0.3) is 0 Å². The van der Waals surface area contributed by atoms with Gasteiger partial charge in [-0.2, -0.15) is 0 Å². The third-order valence-corrected chi connectivity index (χ3v) is 3.47. The molecule has 0 aliphatic rings. The third-order valence-electron chi connectivity index (χ3n) is 3.47. The lowest BCUT2D eigenvalue weighted by molar-refractivity contribution is -0.147. The third kappa shape index (κ3) is 3.11. The molecular formula is C17H17NO3. The molecule has 2 rings (SSSR count). The Morgan fingerprint density at radius 1 is 1.24 bits per heavy atom. The van der Waals surface area contributed by atoms with Crippen molar-refractivity contribution in [3.63, 3.8) is 0 Å². The van der Waals surface area contributed by atoms with Crippen LogP contribution in [-0.2, 0) is 16.0 Å². The molecule has 2 aromatic carbocycles. The van der Waals surface area contributed by atoms with Gasteiger partial charge in [-0.15, -0.1) is 0 Å². The second-order valence-corrected chi connectivity index (χ2v) is 4.81. The second kappa shape index (κ2) is 6.22. The minimum atomic E-state index is -1.04. The fourth-order valence-electron chi connectivity index (χ4n) is 2.46. The van der Waals surface area contributed by atoms with Gasteiger partial charge >= 0.3 is 5.97 Å². The lowest BCUT2D eigenvalue weighted by Crippen LogP contribution is -2.42. The molecule has 21 heavy (non-hydrogen) atoms. The minimum Gasteiger partial charge on any atom is -0.480 e. The van der Waals surface area contributed by atoms with Crippen LogP contribution in [0.5, 0.6) is 0 Å². The monoisotopic (exact) mass is 283 g/mol. The Balaban J connectivity index is 2.42. The maximum absolute atomic E-state index is 11.6. The fraction of sp³-hybridized carbons (Fsp3) is 0.176. The first-order valence-corrected chi connectivity index (χ1v) is 6.65. The van der Waals surface area contributed by atoms with Gasteiger partial charge in [-0.25, -0.2) is 4.79 Å². The van der Waals surface area contributed by atoms with Crippen molar-refractivity contribution in [2.75, 3.05) is 0 Å². The van der Waals surface area contributed by atoms with E-state index in [0.29, 0.717) is 0 Å². The molecule has 0 aliphatic carbocycles. The van der Waals surface area contributed by atoms with Crippen molar-refractivity contribution in [2.24, 2.45) is 0 Å². The van der Waals surface area contributed by atoms with Gasteiger partial charge in [0.2, 0.25) is 5.91 Å². The van der Waals surface area contributed by atoms with E-state index in [1.165, 1.54) is 13.1 Å². The van der Waals surface area contributed by atoms with Crippen molar-refractivity contribution >= 4 is 22.6 Å². The van der Waals surface area contributed by atoms with E-state index in [1.54, 1.807) is 0 Å². The number of amides is 1. The molecule has 0 aromatic heterocycles. The molecule has 4 nitrogen and oxygen atoms in total. The molecule has 4 heteroatoms. The molecule has 1 atom stereocenters. The second-order valence-electron chi connectivity index (χ2n) is 4.81. The predicted octanol–water partition coefficient (Wildman–Crippen LogP) is 2.83. The number of carbonyl (C=O) groups excluding carboxylic acids is 1. The van der Waals surface area contributed by atoms with Crippen molar-refractivity contribution in [3.8, 4) is 0 Å². The molecule has 0 aliphatic heterocycles. The Kier molecular flexibility index (Phi) is 4.38. The molecule has 1 amide bonds. The molecule has 0 fully saturated rings. The quantitative estimate of drug-likeness (QED) is 0.918. The van der Waals surface area contributed by atoms with Gasteiger partial charge in [0.1, 0.15) is 6.04 Å². The molecule has 0 heterocycles. The lowest BCUT2D eigenvalue weighted by atomic mass is 9.98. The number of benzene rings is 2. The van der Waals surface area contributed by atoms with Gasteiger partial charge in [0, 0.05) is 19.5 Å². The van der Waals surface area contributed by atoms with E-state index in [-0.39, 0.29) is 12.3 Å². The van der Waals surface area contributed by atoms with Gasteiger partial charge in [-0.3, -0.25) is 4.79 Å². The van der Waals surface area contributed by atoms with Gasteiger partial charge in [0.05, 0.1) is 0 Å². The van der Waals surface area contributed by atoms with Gasteiger partial charge in [-0.1, -0.05) is 49.0 Å². The Morgan fingerprint density at radius 3 is 2.52 bits per heavy atom. The highest BCUT2D eigenvalue weighted by atomic mass is 16.4. The van der Waals surface area contributed by atoms with E-state index >= 15 is 0 Å². The van der Waals surface area contributed by atoms with Gasteiger partial charge in [-0.05, 0) is 16.3 Å². The summed E-state index contributed by atoms with van der Waals surface area (Å²) in [6.45, 7) is 4.87. The van der Waals surface area contributed by atoms with Crippen LogP contribution in [0, 0.1) is 0 Å². The van der Waals surface area contributed by atoms with Crippen molar-refractivity contribution < 1.29 is 14.7 Å². The SMILES string of the molecule is C=CN(C(C)=O)[C@@H](Cc1cccc2ccccc12)C(=O)O. The minimum absolute atomic E-state index is 0.238. The van der Waals surface area contributed by atoms with E-state index < -0.39 is 12.0 Å². The zero-order chi connectivity index (χ0) is 15.4. The molecule has 0 saturated carbocycles. The number of nitrogens with zero attached hydrogens (tertiary/aromatic N) is 1. The Bertz CT molecular complexity index is 688. The molecular weight excluding hydrogens is 266 g/mol. The number of fused-ring (bicyclic) bond motifs is 1. The topological polar surface area (TPSA) is 57.6 Å². The predicted molar refractivity (Wildman–Crippen MR) is 81.8 cm³/mol. The van der Waals surface area contributed by atoms with Crippen molar-refractivity contribution in [1.29, 1.82) is 0 Å². The highest BCUT2D eigenvalue weighted by Crippen LogP contribution is 2.21. The average Bonchev–Trinajstić information content (AvgIpc) is 2.46. The Labute approximate surface area is 123 Å². The Morgan fingerprint density at radius 2 is 1.90 bits per heavy atom. The van der Waals surface area contributed by atoms with Crippen LogP contribution in [0.25, 0.3) is 10.8 Å². The number of carboxylic acids is 1. The lowest BCUT2D eigenvalue weighted by Gasteiger charge is -2.24. The van der Waals surface area contributed by atoms with E-state index in [4.69, 9.17) is 0 Å². The van der Waals surface area contributed by atoms with Crippen LogP contribution in [0.1, 0.15) is 12.5 Å². The number of carbonyl (C=O) groups is 2. The molecule has 0 bridgehead atoms. The van der Waals surface area contributed by atoms with Crippen LogP contribution in [-0.4, -0.2) is 27.9 Å². The summed E-state index contributed by atoms with van der Waals surface area (Å²) in [6, 6.07) is 12.6. The molecule has 2 aromatic rings. The van der Waals surface area contributed by atoms with Gasteiger partial charge in [0.15, 0.2) is 0 Å². The maximum atomic E-state index is 11.6. The fourth-order valence-corrected chi connectivity index (χ4v) is 2.46. The summed E-state index contributed by atoms with van der Waals surface area (Å²) in [5.74, 6) is -1.38. The summed E-state index contributed by atoms with van der Waals surface area (Å²) in [6.07, 6.45) is 1.51. The number of hydrogen-bond donors (Lipinski definition) is 1. The smallest absolute Gasteiger partial charge is 0.327 e. The molecule has 0 unspecified atom stereocenters. The van der Waals surface area contributed by atoms with E-state index in [0.717, 1.165) is 21.2 Å². The Hall–Kier alpha value is -2.62. The van der Waals surface area contributed by atoms with Crippen LogP contribution in [0.4, 0.5) is 0 Å². The summed E-state index contributed by atoms with van der Waals surface area (Å²) < 4.78 is 0. The van der Waals surface area contributed by atoms with E-state index in [2.05, 4.69) is 6.58 Å². The van der Waals surface area contributed by atoms with Crippen molar-refractivity contribution in [3.05, 3.63) is 60.8 Å².